The zero-order valence-electron chi connectivity index (χ0n) is 13.0. The molecule has 0 aliphatic heterocycles. The molecular weight excluding hydrogens is 262 g/mol. The van der Waals surface area contributed by atoms with Crippen molar-refractivity contribution < 1.29 is 9.59 Å². The maximum atomic E-state index is 12.3. The number of fused-ring (bicyclic) bond motifs is 1. The number of aryl methyl sites for hydroxylation is 1. The van der Waals surface area contributed by atoms with Gasteiger partial charge in [-0.25, -0.2) is 0 Å². The van der Waals surface area contributed by atoms with Crippen LogP contribution in [0.1, 0.15) is 36.7 Å². The summed E-state index contributed by atoms with van der Waals surface area (Å²) in [5, 5.41) is 4.71. The molecule has 3 nitrogen and oxygen atoms in total. The SMILES string of the molecule is Cc1ccc(C(=O)NCC(=O)C(C)(C)C)c2ccccc12. The summed E-state index contributed by atoms with van der Waals surface area (Å²) < 4.78 is 0. The fraction of sp³-hybridized carbons (Fsp3) is 0.333. The minimum atomic E-state index is -0.442. The van der Waals surface area contributed by atoms with Crippen LogP contribution in [0.15, 0.2) is 36.4 Å². The fourth-order valence-corrected chi connectivity index (χ4v) is 2.17. The topological polar surface area (TPSA) is 46.2 Å². The second-order valence-corrected chi connectivity index (χ2v) is 6.33. The van der Waals surface area contributed by atoms with Crippen molar-refractivity contribution in [2.24, 2.45) is 5.41 Å². The number of nitrogens with one attached hydrogen (secondary N) is 1. The summed E-state index contributed by atoms with van der Waals surface area (Å²) in [6.45, 7) is 7.63. The van der Waals surface area contributed by atoms with Crippen LogP contribution in [0, 0.1) is 12.3 Å². The van der Waals surface area contributed by atoms with Crippen molar-refractivity contribution in [3.05, 3.63) is 47.5 Å². The number of carbonyl (C=O) groups excluding carboxylic acids is 2. The van der Waals surface area contributed by atoms with E-state index in [0.29, 0.717) is 5.56 Å². The molecule has 3 heteroatoms. The van der Waals surface area contributed by atoms with E-state index < -0.39 is 5.41 Å². The van der Waals surface area contributed by atoms with Gasteiger partial charge in [-0.1, -0.05) is 51.1 Å². The van der Waals surface area contributed by atoms with Crippen LogP contribution in [0.2, 0.25) is 0 Å². The van der Waals surface area contributed by atoms with Crippen molar-refractivity contribution in [2.45, 2.75) is 27.7 Å². The number of amides is 1. The van der Waals surface area contributed by atoms with Crippen LogP contribution < -0.4 is 5.32 Å². The lowest BCUT2D eigenvalue weighted by Gasteiger charge is -2.17. The molecule has 0 aliphatic carbocycles. The van der Waals surface area contributed by atoms with Crippen LogP contribution in [-0.2, 0) is 4.79 Å². The molecular formula is C18H21NO2. The van der Waals surface area contributed by atoms with E-state index in [-0.39, 0.29) is 18.2 Å². The average molecular weight is 283 g/mol. The number of hydrogen-bond acceptors (Lipinski definition) is 2. The predicted octanol–water partition coefficient (Wildman–Crippen LogP) is 3.49. The van der Waals surface area contributed by atoms with E-state index in [1.807, 2.05) is 64.1 Å². The second kappa shape index (κ2) is 5.68. The third-order valence-corrected chi connectivity index (χ3v) is 3.63. The predicted molar refractivity (Wildman–Crippen MR) is 85.5 cm³/mol. The van der Waals surface area contributed by atoms with Gasteiger partial charge in [0.2, 0.25) is 0 Å². The molecule has 0 aromatic heterocycles. The molecule has 21 heavy (non-hydrogen) atoms. The lowest BCUT2D eigenvalue weighted by atomic mass is 9.91. The number of ketones is 1. The Morgan fingerprint density at radius 2 is 1.62 bits per heavy atom. The summed E-state index contributed by atoms with van der Waals surface area (Å²) in [6.07, 6.45) is 0. The minimum absolute atomic E-state index is 0.0206. The maximum absolute atomic E-state index is 12.3. The molecule has 0 spiro atoms. The van der Waals surface area contributed by atoms with E-state index in [9.17, 15) is 9.59 Å². The number of hydrogen-bond donors (Lipinski definition) is 1. The Morgan fingerprint density at radius 3 is 2.24 bits per heavy atom. The molecule has 0 fully saturated rings. The highest BCUT2D eigenvalue weighted by atomic mass is 16.2. The van der Waals surface area contributed by atoms with Crippen LogP contribution in [0.3, 0.4) is 0 Å². The third kappa shape index (κ3) is 3.30. The van der Waals surface area contributed by atoms with Crippen molar-refractivity contribution >= 4 is 22.5 Å². The van der Waals surface area contributed by atoms with Crippen molar-refractivity contribution in [3.63, 3.8) is 0 Å². The van der Waals surface area contributed by atoms with Gasteiger partial charge in [-0.2, -0.15) is 0 Å². The van der Waals surface area contributed by atoms with E-state index in [1.54, 1.807) is 0 Å². The van der Waals surface area contributed by atoms with Crippen LogP contribution in [0.4, 0.5) is 0 Å². The standard InChI is InChI=1S/C18H21NO2/c1-12-9-10-15(14-8-6-5-7-13(12)14)17(21)19-11-16(20)18(2,3)4/h5-10H,11H2,1-4H3,(H,19,21). The molecule has 0 atom stereocenters. The summed E-state index contributed by atoms with van der Waals surface area (Å²) in [5.74, 6) is -0.184. The van der Waals surface area contributed by atoms with Crippen molar-refractivity contribution in [3.8, 4) is 0 Å². The molecule has 2 aromatic rings. The Kier molecular flexibility index (Phi) is 4.12. The quantitative estimate of drug-likeness (QED) is 0.937. The van der Waals surface area contributed by atoms with Crippen molar-refractivity contribution in [1.82, 2.24) is 5.32 Å². The highest BCUT2D eigenvalue weighted by Gasteiger charge is 2.21. The zero-order chi connectivity index (χ0) is 15.6. The first-order chi connectivity index (χ1) is 9.80. The van der Waals surface area contributed by atoms with Gasteiger partial charge in [-0.05, 0) is 29.3 Å². The molecule has 0 saturated heterocycles. The highest BCUT2D eigenvalue weighted by Crippen LogP contribution is 2.22. The number of benzene rings is 2. The summed E-state index contributed by atoms with van der Waals surface area (Å²) in [6, 6.07) is 11.6. The van der Waals surface area contributed by atoms with Gasteiger partial charge in [0.15, 0.2) is 5.78 Å². The highest BCUT2D eigenvalue weighted by molar-refractivity contribution is 6.08. The Morgan fingerprint density at radius 1 is 1.00 bits per heavy atom. The van der Waals surface area contributed by atoms with E-state index in [0.717, 1.165) is 16.3 Å². The summed E-state index contributed by atoms with van der Waals surface area (Å²) in [7, 11) is 0. The van der Waals surface area contributed by atoms with Gasteiger partial charge < -0.3 is 5.32 Å². The third-order valence-electron chi connectivity index (χ3n) is 3.63. The molecule has 1 N–H and O–H groups in total. The van der Waals surface area contributed by atoms with E-state index in [2.05, 4.69) is 5.32 Å². The van der Waals surface area contributed by atoms with Crippen molar-refractivity contribution in [2.75, 3.05) is 6.54 Å². The molecule has 110 valence electrons. The van der Waals surface area contributed by atoms with Gasteiger partial charge in [0.25, 0.3) is 5.91 Å². The number of carbonyl (C=O) groups is 2. The Labute approximate surface area is 125 Å². The smallest absolute Gasteiger partial charge is 0.252 e. The molecule has 2 aromatic carbocycles. The Hall–Kier alpha value is -2.16. The molecule has 0 bridgehead atoms. The van der Waals surface area contributed by atoms with E-state index in [1.165, 1.54) is 0 Å². The fourth-order valence-electron chi connectivity index (χ4n) is 2.17. The number of rotatable bonds is 3. The lowest BCUT2D eigenvalue weighted by Crippen LogP contribution is -2.35. The maximum Gasteiger partial charge on any atom is 0.252 e. The monoisotopic (exact) mass is 283 g/mol. The van der Waals surface area contributed by atoms with E-state index >= 15 is 0 Å². The first kappa shape index (κ1) is 15.2. The van der Waals surface area contributed by atoms with Crippen LogP contribution >= 0.6 is 0 Å². The van der Waals surface area contributed by atoms with Gasteiger partial charge in [-0.15, -0.1) is 0 Å². The lowest BCUT2D eigenvalue weighted by molar-refractivity contribution is -0.125. The van der Waals surface area contributed by atoms with Crippen molar-refractivity contribution in [1.29, 1.82) is 0 Å². The molecule has 0 saturated carbocycles. The molecule has 0 heterocycles. The molecule has 1 amide bonds. The van der Waals surface area contributed by atoms with E-state index in [4.69, 9.17) is 0 Å². The molecule has 0 radical (unpaired) electrons. The number of Topliss-reactive ketones (excluding diaryl/α,β-unsaturated/α-hetero) is 1. The van der Waals surface area contributed by atoms with Gasteiger partial charge in [0.1, 0.15) is 0 Å². The van der Waals surface area contributed by atoms with Gasteiger partial charge in [0, 0.05) is 11.0 Å². The van der Waals surface area contributed by atoms with Crippen LogP contribution in [0.5, 0.6) is 0 Å². The normalized spacial score (nSPS) is 11.4. The first-order valence-corrected chi connectivity index (χ1v) is 7.10. The summed E-state index contributed by atoms with van der Waals surface area (Å²) in [5.41, 5.74) is 1.30. The Bertz CT molecular complexity index is 696. The summed E-state index contributed by atoms with van der Waals surface area (Å²) >= 11 is 0. The summed E-state index contributed by atoms with van der Waals surface area (Å²) in [4.78, 5) is 24.2. The largest absolute Gasteiger partial charge is 0.345 e. The van der Waals surface area contributed by atoms with Gasteiger partial charge in [-0.3, -0.25) is 9.59 Å². The minimum Gasteiger partial charge on any atom is -0.345 e. The van der Waals surface area contributed by atoms with Gasteiger partial charge in [0.05, 0.1) is 6.54 Å². The zero-order valence-corrected chi connectivity index (χ0v) is 13.0. The van der Waals surface area contributed by atoms with Crippen LogP contribution in [0.25, 0.3) is 10.8 Å². The van der Waals surface area contributed by atoms with Gasteiger partial charge >= 0.3 is 0 Å². The average Bonchev–Trinajstić information content (AvgIpc) is 2.44. The first-order valence-electron chi connectivity index (χ1n) is 7.10. The molecule has 0 unspecified atom stereocenters. The Balaban J connectivity index is 2.25. The second-order valence-electron chi connectivity index (χ2n) is 6.33. The molecule has 0 aliphatic rings. The van der Waals surface area contributed by atoms with Crippen LogP contribution in [-0.4, -0.2) is 18.2 Å². The molecule has 2 rings (SSSR count).